The van der Waals surface area contributed by atoms with Crippen LogP contribution in [0, 0.1) is 0 Å². The van der Waals surface area contributed by atoms with Crippen molar-refractivity contribution in [2.24, 2.45) is 0 Å². The molecule has 0 atom stereocenters. The summed E-state index contributed by atoms with van der Waals surface area (Å²) < 4.78 is 11.2. The first-order chi connectivity index (χ1) is 13.1. The highest BCUT2D eigenvalue weighted by Gasteiger charge is 2.09. The summed E-state index contributed by atoms with van der Waals surface area (Å²) in [7, 11) is 3.12. The molecule has 0 unspecified atom stereocenters. The molecule has 27 heavy (non-hydrogen) atoms. The molecular weight excluding hydrogens is 348 g/mol. The highest BCUT2D eigenvalue weighted by atomic mass is 16.5. The predicted octanol–water partition coefficient (Wildman–Crippen LogP) is 1.96. The van der Waals surface area contributed by atoms with Crippen molar-refractivity contribution in [1.82, 2.24) is 14.8 Å². The average Bonchev–Trinajstić information content (AvgIpc) is 2.69. The van der Waals surface area contributed by atoms with Gasteiger partial charge in [-0.25, -0.2) is 9.48 Å². The van der Waals surface area contributed by atoms with E-state index in [-0.39, 0.29) is 6.54 Å². The Hall–Kier alpha value is -3.68. The molecule has 0 saturated heterocycles. The minimum Gasteiger partial charge on any atom is -0.497 e. The van der Waals surface area contributed by atoms with Crippen molar-refractivity contribution in [2.45, 2.75) is 6.54 Å². The Bertz CT molecular complexity index is 999. The fourth-order valence-electron chi connectivity index (χ4n) is 2.41. The van der Waals surface area contributed by atoms with Gasteiger partial charge in [0.2, 0.25) is 5.91 Å². The molecule has 0 spiro atoms. The van der Waals surface area contributed by atoms with Crippen LogP contribution >= 0.6 is 0 Å². The Morgan fingerprint density at radius 1 is 1.07 bits per heavy atom. The van der Waals surface area contributed by atoms with Crippen molar-refractivity contribution in [2.75, 3.05) is 19.5 Å². The lowest BCUT2D eigenvalue weighted by molar-refractivity contribution is -0.117. The number of carbonyl (C=O) groups is 1. The molecule has 1 aromatic heterocycles. The molecule has 8 heteroatoms. The maximum absolute atomic E-state index is 12.2. The van der Waals surface area contributed by atoms with Gasteiger partial charge in [0.05, 0.1) is 26.1 Å². The van der Waals surface area contributed by atoms with E-state index in [1.807, 2.05) is 0 Å². The summed E-state index contributed by atoms with van der Waals surface area (Å²) in [6.45, 7) is -0.244. The summed E-state index contributed by atoms with van der Waals surface area (Å²) in [6.07, 6.45) is 1.45. The van der Waals surface area contributed by atoms with Crippen LogP contribution in [-0.2, 0) is 11.3 Å². The second kappa shape index (κ2) is 8.13. The molecule has 3 aromatic rings. The number of carbonyl (C=O) groups excluding carboxylic acids is 1. The van der Waals surface area contributed by atoms with Crippen LogP contribution in [0.3, 0.4) is 0 Å². The summed E-state index contributed by atoms with van der Waals surface area (Å²) in [5.41, 5.74) is 1.11. The van der Waals surface area contributed by atoms with Crippen molar-refractivity contribution in [1.29, 1.82) is 0 Å². The molecule has 8 nitrogen and oxygen atoms in total. The number of ether oxygens (including phenoxy) is 2. The molecule has 0 fully saturated rings. The zero-order valence-electron chi connectivity index (χ0n) is 14.9. The van der Waals surface area contributed by atoms with Gasteiger partial charge in [-0.1, -0.05) is 6.07 Å². The van der Waals surface area contributed by atoms with E-state index in [0.717, 1.165) is 10.2 Å². The lowest BCUT2D eigenvalue weighted by Crippen LogP contribution is -2.31. The first-order valence-electron chi connectivity index (χ1n) is 8.11. The van der Waals surface area contributed by atoms with Crippen molar-refractivity contribution in [3.63, 3.8) is 0 Å². The number of nitrogens with zero attached hydrogens (tertiary/aromatic N) is 3. The SMILES string of the molecule is COc1ccc(-c2cnn(CC(=O)Nc3cccc(OC)c3)c(=O)n2)cc1. The molecule has 1 amide bonds. The standard InChI is InChI=1S/C19H18N4O4/c1-26-15-8-6-13(7-9-15)17-11-20-23(19(25)22-17)12-18(24)21-14-4-3-5-16(10-14)27-2/h3-11H,12H2,1-2H3,(H,21,24). The van der Waals surface area contributed by atoms with Gasteiger partial charge in [-0.2, -0.15) is 10.1 Å². The van der Waals surface area contributed by atoms with Gasteiger partial charge in [-0.3, -0.25) is 4.79 Å². The van der Waals surface area contributed by atoms with Gasteiger partial charge in [0.1, 0.15) is 18.0 Å². The third kappa shape index (κ3) is 4.49. The molecule has 0 saturated carbocycles. The van der Waals surface area contributed by atoms with Crippen molar-refractivity contribution < 1.29 is 14.3 Å². The first-order valence-corrected chi connectivity index (χ1v) is 8.11. The van der Waals surface area contributed by atoms with Crippen LogP contribution in [0.1, 0.15) is 0 Å². The van der Waals surface area contributed by atoms with Crippen LogP contribution in [0.15, 0.2) is 59.5 Å². The minimum absolute atomic E-state index is 0.244. The summed E-state index contributed by atoms with van der Waals surface area (Å²) in [5, 5.41) is 6.73. The largest absolute Gasteiger partial charge is 0.497 e. The topological polar surface area (TPSA) is 95.3 Å². The van der Waals surface area contributed by atoms with E-state index in [1.165, 1.54) is 6.20 Å². The number of benzene rings is 2. The molecule has 0 aliphatic rings. The fraction of sp³-hybridized carbons (Fsp3) is 0.158. The molecule has 1 N–H and O–H groups in total. The van der Waals surface area contributed by atoms with Gasteiger partial charge >= 0.3 is 5.69 Å². The highest BCUT2D eigenvalue weighted by molar-refractivity contribution is 5.90. The van der Waals surface area contributed by atoms with Crippen molar-refractivity contribution >= 4 is 11.6 Å². The minimum atomic E-state index is -0.607. The van der Waals surface area contributed by atoms with Gasteiger partial charge in [0.15, 0.2) is 0 Å². The second-order valence-electron chi connectivity index (χ2n) is 5.59. The van der Waals surface area contributed by atoms with E-state index in [0.29, 0.717) is 22.9 Å². The van der Waals surface area contributed by atoms with E-state index in [1.54, 1.807) is 62.8 Å². The molecule has 1 heterocycles. The number of aromatic nitrogens is 3. The molecule has 2 aromatic carbocycles. The number of rotatable bonds is 6. The molecule has 0 radical (unpaired) electrons. The number of anilines is 1. The van der Waals surface area contributed by atoms with Gasteiger partial charge in [0, 0.05) is 17.3 Å². The molecule has 0 aliphatic carbocycles. The maximum Gasteiger partial charge on any atom is 0.365 e. The summed E-state index contributed by atoms with van der Waals surface area (Å²) in [6, 6.07) is 14.0. The zero-order valence-corrected chi connectivity index (χ0v) is 14.9. The van der Waals surface area contributed by atoms with Gasteiger partial charge < -0.3 is 14.8 Å². The summed E-state index contributed by atoms with van der Waals surface area (Å²) in [5.74, 6) is 0.930. The monoisotopic (exact) mass is 366 g/mol. The Labute approximate surface area is 155 Å². The lowest BCUT2D eigenvalue weighted by atomic mass is 10.1. The fourth-order valence-corrected chi connectivity index (χ4v) is 2.41. The quantitative estimate of drug-likeness (QED) is 0.717. The predicted molar refractivity (Wildman–Crippen MR) is 99.9 cm³/mol. The Balaban J connectivity index is 1.71. The zero-order chi connectivity index (χ0) is 19.2. The van der Waals surface area contributed by atoms with Crippen molar-refractivity contribution in [3.8, 4) is 22.8 Å². The number of methoxy groups -OCH3 is 2. The van der Waals surface area contributed by atoms with Crippen LogP contribution in [0.2, 0.25) is 0 Å². The van der Waals surface area contributed by atoms with Crippen molar-refractivity contribution in [3.05, 3.63) is 65.2 Å². The van der Waals surface area contributed by atoms with E-state index < -0.39 is 11.6 Å². The lowest BCUT2D eigenvalue weighted by Gasteiger charge is -2.08. The van der Waals surface area contributed by atoms with Crippen LogP contribution in [0.4, 0.5) is 5.69 Å². The van der Waals surface area contributed by atoms with E-state index >= 15 is 0 Å². The third-order valence-corrected chi connectivity index (χ3v) is 3.79. The van der Waals surface area contributed by atoms with E-state index in [4.69, 9.17) is 9.47 Å². The Kier molecular flexibility index (Phi) is 5.46. The maximum atomic E-state index is 12.2. The molecule has 0 bridgehead atoms. The normalized spacial score (nSPS) is 10.3. The summed E-state index contributed by atoms with van der Waals surface area (Å²) in [4.78, 5) is 28.3. The number of hydrogen-bond donors (Lipinski definition) is 1. The molecule has 138 valence electrons. The molecule has 3 rings (SSSR count). The van der Waals surface area contributed by atoms with Crippen LogP contribution in [0.25, 0.3) is 11.3 Å². The highest BCUT2D eigenvalue weighted by Crippen LogP contribution is 2.19. The molecular formula is C19H18N4O4. The van der Waals surface area contributed by atoms with Crippen LogP contribution < -0.4 is 20.5 Å². The number of nitrogens with one attached hydrogen (secondary N) is 1. The number of hydrogen-bond acceptors (Lipinski definition) is 6. The number of amides is 1. The van der Waals surface area contributed by atoms with E-state index in [2.05, 4.69) is 15.4 Å². The Morgan fingerprint density at radius 2 is 1.81 bits per heavy atom. The van der Waals surface area contributed by atoms with Gasteiger partial charge in [-0.15, -0.1) is 0 Å². The van der Waals surface area contributed by atoms with Crippen LogP contribution in [-0.4, -0.2) is 34.9 Å². The van der Waals surface area contributed by atoms with Crippen LogP contribution in [0.5, 0.6) is 11.5 Å². The second-order valence-corrected chi connectivity index (χ2v) is 5.59. The first kappa shape index (κ1) is 18.1. The summed E-state index contributed by atoms with van der Waals surface area (Å²) >= 11 is 0. The van der Waals surface area contributed by atoms with E-state index in [9.17, 15) is 9.59 Å². The van der Waals surface area contributed by atoms with Gasteiger partial charge in [0.25, 0.3) is 0 Å². The Morgan fingerprint density at radius 3 is 2.48 bits per heavy atom. The molecule has 0 aliphatic heterocycles. The average molecular weight is 366 g/mol. The smallest absolute Gasteiger partial charge is 0.365 e. The third-order valence-electron chi connectivity index (χ3n) is 3.79. The van der Waals surface area contributed by atoms with Gasteiger partial charge in [-0.05, 0) is 36.4 Å².